The van der Waals surface area contributed by atoms with E-state index in [1.54, 1.807) is 22.7 Å². The van der Waals surface area contributed by atoms with Gasteiger partial charge in [0.2, 0.25) is 0 Å². The second-order valence-electron chi connectivity index (χ2n) is 7.49. The zero-order valence-corrected chi connectivity index (χ0v) is 18.7. The topological polar surface area (TPSA) is 27.0 Å². The van der Waals surface area contributed by atoms with Crippen LogP contribution in [0.15, 0.2) is 35.0 Å². The molecule has 2 bridgehead atoms. The lowest BCUT2D eigenvalue weighted by molar-refractivity contribution is 0.0621. The largest absolute Gasteiger partial charge is 0.300 e. The summed E-state index contributed by atoms with van der Waals surface area (Å²) < 4.78 is 0. The molecule has 0 radical (unpaired) electrons. The SMILES string of the molecule is CC1C2CCC1N(C)C(CC(C#N)(c1cccs1)c1cccs1)C2.I. The maximum Gasteiger partial charge on any atom is 0.127 e. The van der Waals surface area contributed by atoms with Crippen LogP contribution in [0.1, 0.15) is 42.4 Å². The van der Waals surface area contributed by atoms with Gasteiger partial charge in [-0.15, -0.1) is 46.7 Å². The molecule has 0 aromatic carbocycles. The summed E-state index contributed by atoms with van der Waals surface area (Å²) in [6.07, 6.45) is 4.86. The van der Waals surface area contributed by atoms with E-state index in [2.05, 4.69) is 60.0 Å². The Morgan fingerprint density at radius 2 is 1.84 bits per heavy atom. The molecule has 1 aliphatic carbocycles. The predicted molar refractivity (Wildman–Crippen MR) is 117 cm³/mol. The Bertz CT molecular complexity index is 685. The molecule has 25 heavy (non-hydrogen) atoms. The highest BCUT2D eigenvalue weighted by atomic mass is 127. The van der Waals surface area contributed by atoms with E-state index in [0.29, 0.717) is 12.1 Å². The lowest BCUT2D eigenvalue weighted by Crippen LogP contribution is -2.49. The van der Waals surface area contributed by atoms with Gasteiger partial charge in [-0.3, -0.25) is 0 Å². The molecule has 1 aliphatic heterocycles. The smallest absolute Gasteiger partial charge is 0.127 e. The summed E-state index contributed by atoms with van der Waals surface area (Å²) in [4.78, 5) is 5.00. The molecule has 2 aromatic rings. The molecule has 0 amide bonds. The number of piperidine rings is 1. The molecule has 4 rings (SSSR count). The van der Waals surface area contributed by atoms with E-state index in [1.165, 1.54) is 29.0 Å². The number of hydrogen-bond acceptors (Lipinski definition) is 4. The molecule has 2 aromatic heterocycles. The minimum atomic E-state index is -0.485. The number of fused-ring (bicyclic) bond motifs is 2. The zero-order chi connectivity index (χ0) is 16.7. The van der Waals surface area contributed by atoms with Crippen LogP contribution in [0.5, 0.6) is 0 Å². The molecule has 1 saturated heterocycles. The summed E-state index contributed by atoms with van der Waals surface area (Å²) in [6, 6.07) is 12.4. The highest BCUT2D eigenvalue weighted by molar-refractivity contribution is 14.0. The quantitative estimate of drug-likeness (QED) is 0.517. The maximum atomic E-state index is 10.3. The minimum absolute atomic E-state index is 0. The number of rotatable bonds is 4. The van der Waals surface area contributed by atoms with E-state index in [1.807, 2.05) is 0 Å². The average molecular weight is 484 g/mol. The number of nitriles is 1. The molecule has 134 valence electrons. The first-order chi connectivity index (χ1) is 11.7. The third-order valence-electron chi connectivity index (χ3n) is 6.47. The van der Waals surface area contributed by atoms with Crippen LogP contribution in [0.25, 0.3) is 0 Å². The molecular formula is C20H25IN2S2. The number of thiophene rings is 2. The van der Waals surface area contributed by atoms with Crippen molar-refractivity contribution in [1.29, 1.82) is 5.26 Å². The maximum absolute atomic E-state index is 10.3. The van der Waals surface area contributed by atoms with Gasteiger partial charge in [0, 0.05) is 21.8 Å². The van der Waals surface area contributed by atoms with Gasteiger partial charge < -0.3 is 4.90 Å². The van der Waals surface area contributed by atoms with Crippen LogP contribution in [0, 0.1) is 23.2 Å². The van der Waals surface area contributed by atoms with Crippen molar-refractivity contribution in [2.45, 2.75) is 50.1 Å². The first-order valence-corrected chi connectivity index (χ1v) is 10.6. The molecule has 5 heteroatoms. The molecule has 0 N–H and O–H groups in total. The van der Waals surface area contributed by atoms with Gasteiger partial charge in [0.25, 0.3) is 0 Å². The van der Waals surface area contributed by atoms with Gasteiger partial charge in [0.1, 0.15) is 5.41 Å². The van der Waals surface area contributed by atoms with Gasteiger partial charge in [-0.25, -0.2) is 0 Å². The molecular weight excluding hydrogens is 459 g/mol. The summed E-state index contributed by atoms with van der Waals surface area (Å²) >= 11 is 3.45. The normalized spacial score (nSPS) is 29.2. The Labute approximate surface area is 175 Å². The number of hydrogen-bond donors (Lipinski definition) is 0. The summed E-state index contributed by atoms with van der Waals surface area (Å²) in [5.74, 6) is 1.66. The van der Waals surface area contributed by atoms with E-state index in [0.717, 1.165) is 18.3 Å². The van der Waals surface area contributed by atoms with E-state index in [-0.39, 0.29) is 24.0 Å². The van der Waals surface area contributed by atoms with Gasteiger partial charge in [0.15, 0.2) is 0 Å². The highest BCUT2D eigenvalue weighted by Crippen LogP contribution is 2.48. The van der Waals surface area contributed by atoms with Crippen LogP contribution in [-0.2, 0) is 5.41 Å². The Kier molecular flexibility index (Phi) is 5.94. The van der Waals surface area contributed by atoms with Gasteiger partial charge in [-0.05, 0) is 67.5 Å². The van der Waals surface area contributed by atoms with E-state index < -0.39 is 5.41 Å². The summed E-state index contributed by atoms with van der Waals surface area (Å²) in [5.41, 5.74) is -0.485. The van der Waals surface area contributed by atoms with Crippen LogP contribution in [-0.4, -0.2) is 24.0 Å². The Morgan fingerprint density at radius 1 is 1.20 bits per heavy atom. The summed E-state index contributed by atoms with van der Waals surface area (Å²) in [7, 11) is 2.29. The minimum Gasteiger partial charge on any atom is -0.300 e. The molecule has 2 nitrogen and oxygen atoms in total. The van der Waals surface area contributed by atoms with Crippen LogP contribution in [0.4, 0.5) is 0 Å². The van der Waals surface area contributed by atoms with Crippen LogP contribution >= 0.6 is 46.7 Å². The van der Waals surface area contributed by atoms with Gasteiger partial charge >= 0.3 is 0 Å². The Hall–Kier alpha value is -0.420. The summed E-state index contributed by atoms with van der Waals surface area (Å²) in [6.45, 7) is 2.42. The van der Waals surface area contributed by atoms with Gasteiger partial charge in [-0.1, -0.05) is 19.1 Å². The Morgan fingerprint density at radius 3 is 2.36 bits per heavy atom. The lowest BCUT2D eigenvalue weighted by Gasteiger charge is -2.44. The third kappa shape index (κ3) is 3.20. The summed E-state index contributed by atoms with van der Waals surface area (Å²) in [5, 5.41) is 14.5. The fourth-order valence-corrected chi connectivity index (χ4v) is 6.89. The third-order valence-corrected chi connectivity index (χ3v) is 8.54. The van der Waals surface area contributed by atoms with Crippen molar-refractivity contribution in [3.63, 3.8) is 0 Å². The van der Waals surface area contributed by atoms with Crippen molar-refractivity contribution < 1.29 is 0 Å². The van der Waals surface area contributed by atoms with Crippen LogP contribution in [0.2, 0.25) is 0 Å². The van der Waals surface area contributed by atoms with Crippen molar-refractivity contribution in [2.24, 2.45) is 11.8 Å². The van der Waals surface area contributed by atoms with Crippen molar-refractivity contribution >= 4 is 46.7 Å². The van der Waals surface area contributed by atoms with Gasteiger partial charge in [0.05, 0.1) is 6.07 Å². The van der Waals surface area contributed by atoms with E-state index >= 15 is 0 Å². The first kappa shape index (κ1) is 19.3. The van der Waals surface area contributed by atoms with E-state index in [4.69, 9.17) is 0 Å². The van der Waals surface area contributed by atoms with Crippen molar-refractivity contribution in [1.82, 2.24) is 4.90 Å². The molecule has 4 atom stereocenters. The monoisotopic (exact) mass is 484 g/mol. The Balaban J connectivity index is 0.00000182. The van der Waals surface area contributed by atoms with E-state index in [9.17, 15) is 5.26 Å². The second-order valence-corrected chi connectivity index (χ2v) is 9.39. The molecule has 2 aliphatic rings. The predicted octanol–water partition coefficient (Wildman–Crippen LogP) is 5.75. The lowest BCUT2D eigenvalue weighted by atomic mass is 9.74. The number of halogens is 1. The molecule has 0 spiro atoms. The van der Waals surface area contributed by atoms with Crippen LogP contribution < -0.4 is 0 Å². The number of nitrogens with zero attached hydrogens (tertiary/aromatic N) is 2. The van der Waals surface area contributed by atoms with Crippen molar-refractivity contribution in [2.75, 3.05) is 7.05 Å². The zero-order valence-electron chi connectivity index (χ0n) is 14.7. The first-order valence-electron chi connectivity index (χ1n) is 8.87. The molecule has 2 fully saturated rings. The average Bonchev–Trinajstić information content (AvgIpc) is 3.32. The van der Waals surface area contributed by atoms with Crippen molar-refractivity contribution in [3.8, 4) is 6.07 Å². The van der Waals surface area contributed by atoms with Gasteiger partial charge in [-0.2, -0.15) is 5.26 Å². The second kappa shape index (κ2) is 7.67. The molecule has 4 unspecified atom stereocenters. The number of likely N-dealkylation sites (tertiary alicyclic amines) is 1. The van der Waals surface area contributed by atoms with Crippen LogP contribution in [0.3, 0.4) is 0 Å². The van der Waals surface area contributed by atoms with Crippen molar-refractivity contribution in [3.05, 3.63) is 44.8 Å². The molecule has 3 heterocycles. The fraction of sp³-hybridized carbons (Fsp3) is 0.550. The highest BCUT2D eigenvalue weighted by Gasteiger charge is 2.47. The molecule has 1 saturated carbocycles. The standard InChI is InChI=1S/C20H24N2S2.HI/c1-14-15-7-8-17(14)22(2)16(11-15)12-20(13-21,18-5-3-9-23-18)19-6-4-10-24-19;/h3-6,9-10,14-17H,7-8,11-12H2,1-2H3;1H. The fourth-order valence-electron chi connectivity index (χ4n) is 5.02.